The number of hydrogen-bond donors (Lipinski definition) is 1. The number of aromatic nitrogens is 1. The molecule has 2 nitrogen and oxygen atoms in total. The van der Waals surface area contributed by atoms with Crippen molar-refractivity contribution in [2.24, 2.45) is 0 Å². The van der Waals surface area contributed by atoms with E-state index in [0.29, 0.717) is 5.92 Å². The molecule has 2 heterocycles. The van der Waals surface area contributed by atoms with Gasteiger partial charge in [-0.2, -0.15) is 0 Å². The maximum atomic E-state index is 4.33. The van der Waals surface area contributed by atoms with Gasteiger partial charge in [0.25, 0.3) is 0 Å². The lowest BCUT2D eigenvalue weighted by Crippen LogP contribution is -2.18. The number of aryl methyl sites for hydroxylation is 1. The Balaban J connectivity index is 1.80. The summed E-state index contributed by atoms with van der Waals surface area (Å²) in [6, 6.07) is 2.20. The topological polar surface area (TPSA) is 24.9 Å². The van der Waals surface area contributed by atoms with Gasteiger partial charge in [0.05, 0.1) is 5.01 Å². The summed E-state index contributed by atoms with van der Waals surface area (Å²) in [7, 11) is 0. The van der Waals surface area contributed by atoms with E-state index in [1.54, 1.807) is 11.3 Å². The van der Waals surface area contributed by atoms with Gasteiger partial charge >= 0.3 is 0 Å². The molecule has 0 fully saturated rings. The maximum absolute atomic E-state index is 4.33. The van der Waals surface area contributed by atoms with E-state index in [9.17, 15) is 0 Å². The molecule has 5 heteroatoms. The molecule has 2 aromatic rings. The Hall–Kier alpha value is -0.230. The van der Waals surface area contributed by atoms with Crippen LogP contribution in [-0.2, 0) is 6.54 Å². The van der Waals surface area contributed by atoms with Gasteiger partial charge in [-0.05, 0) is 28.9 Å². The van der Waals surface area contributed by atoms with Crippen molar-refractivity contribution >= 4 is 38.6 Å². The minimum atomic E-state index is 0.486. The van der Waals surface area contributed by atoms with Crippen LogP contribution in [0, 0.1) is 6.92 Å². The number of thiophene rings is 1. The highest BCUT2D eigenvalue weighted by molar-refractivity contribution is 9.10. The molecule has 92 valence electrons. The third-order valence-electron chi connectivity index (χ3n) is 2.53. The Kier molecular flexibility index (Phi) is 4.73. The van der Waals surface area contributed by atoms with E-state index < -0.39 is 0 Å². The Morgan fingerprint density at radius 3 is 2.94 bits per heavy atom. The van der Waals surface area contributed by atoms with Gasteiger partial charge in [-0.1, -0.05) is 6.92 Å². The summed E-state index contributed by atoms with van der Waals surface area (Å²) < 4.78 is 1.22. The van der Waals surface area contributed by atoms with Crippen LogP contribution < -0.4 is 5.32 Å². The molecule has 0 bridgehead atoms. The van der Waals surface area contributed by atoms with Crippen molar-refractivity contribution in [1.29, 1.82) is 0 Å². The van der Waals surface area contributed by atoms with Crippen LogP contribution in [0.25, 0.3) is 0 Å². The fraction of sp³-hybridized carbons (Fsp3) is 0.417. The van der Waals surface area contributed by atoms with E-state index in [0.717, 1.165) is 13.1 Å². The van der Waals surface area contributed by atoms with E-state index in [-0.39, 0.29) is 0 Å². The highest BCUT2D eigenvalue weighted by atomic mass is 79.9. The van der Waals surface area contributed by atoms with E-state index in [4.69, 9.17) is 0 Å². The second-order valence-electron chi connectivity index (χ2n) is 4.02. The minimum Gasteiger partial charge on any atom is -0.311 e. The fourth-order valence-corrected chi connectivity index (χ4v) is 3.85. The molecule has 2 rings (SSSR count). The van der Waals surface area contributed by atoms with Gasteiger partial charge in [0, 0.05) is 44.8 Å². The molecular weight excluding hydrogens is 316 g/mol. The minimum absolute atomic E-state index is 0.486. The number of thiazole rings is 1. The molecule has 1 atom stereocenters. The summed E-state index contributed by atoms with van der Waals surface area (Å²) in [4.78, 5) is 7.05. The lowest BCUT2D eigenvalue weighted by molar-refractivity contribution is 0.616. The standard InChI is InChI=1S/C12H15BrN2S2/c1-8(12-15-3-4-16-12)6-14-7-10-5-11(13)9(2)17-10/h3-5,8,14H,6-7H2,1-2H3. The van der Waals surface area contributed by atoms with Crippen LogP contribution >= 0.6 is 38.6 Å². The van der Waals surface area contributed by atoms with Crippen molar-refractivity contribution < 1.29 is 0 Å². The van der Waals surface area contributed by atoms with Gasteiger partial charge in [0.2, 0.25) is 0 Å². The normalized spacial score (nSPS) is 12.9. The summed E-state index contributed by atoms with van der Waals surface area (Å²) in [6.45, 7) is 6.26. The van der Waals surface area contributed by atoms with Crippen molar-refractivity contribution in [3.63, 3.8) is 0 Å². The predicted molar refractivity (Wildman–Crippen MR) is 79.0 cm³/mol. The molecule has 17 heavy (non-hydrogen) atoms. The summed E-state index contributed by atoms with van der Waals surface area (Å²) in [5.74, 6) is 0.486. The van der Waals surface area contributed by atoms with E-state index in [1.165, 1.54) is 19.2 Å². The van der Waals surface area contributed by atoms with Crippen LogP contribution in [0.2, 0.25) is 0 Å². The first-order chi connectivity index (χ1) is 8.16. The highest BCUT2D eigenvalue weighted by Gasteiger charge is 2.08. The van der Waals surface area contributed by atoms with E-state index in [1.807, 2.05) is 22.9 Å². The quantitative estimate of drug-likeness (QED) is 0.889. The first-order valence-electron chi connectivity index (χ1n) is 5.51. The Morgan fingerprint density at radius 1 is 1.53 bits per heavy atom. The molecule has 0 spiro atoms. The van der Waals surface area contributed by atoms with Crippen molar-refractivity contribution in [3.05, 3.63) is 36.9 Å². The van der Waals surface area contributed by atoms with Crippen LogP contribution in [-0.4, -0.2) is 11.5 Å². The fourth-order valence-electron chi connectivity index (χ4n) is 1.58. The van der Waals surface area contributed by atoms with Gasteiger partial charge in [0.15, 0.2) is 0 Å². The molecule has 0 aliphatic rings. The molecule has 1 N–H and O–H groups in total. The van der Waals surface area contributed by atoms with Crippen molar-refractivity contribution in [2.75, 3.05) is 6.54 Å². The van der Waals surface area contributed by atoms with Crippen molar-refractivity contribution in [3.8, 4) is 0 Å². The first-order valence-corrected chi connectivity index (χ1v) is 8.00. The molecular formula is C12H15BrN2S2. The van der Waals surface area contributed by atoms with Crippen LogP contribution in [0.4, 0.5) is 0 Å². The van der Waals surface area contributed by atoms with Gasteiger partial charge in [0.1, 0.15) is 0 Å². The molecule has 0 aliphatic carbocycles. The van der Waals surface area contributed by atoms with Crippen molar-refractivity contribution in [2.45, 2.75) is 26.3 Å². The molecule has 0 amide bonds. The highest BCUT2D eigenvalue weighted by Crippen LogP contribution is 2.26. The van der Waals surface area contributed by atoms with Gasteiger partial charge < -0.3 is 5.32 Å². The average molecular weight is 331 g/mol. The monoisotopic (exact) mass is 330 g/mol. The predicted octanol–water partition coefficient (Wildman–Crippen LogP) is 4.17. The zero-order valence-electron chi connectivity index (χ0n) is 9.87. The second-order valence-corrected chi connectivity index (χ2v) is 7.14. The summed E-state index contributed by atoms with van der Waals surface area (Å²) in [5, 5.41) is 6.73. The van der Waals surface area contributed by atoms with Crippen LogP contribution in [0.1, 0.15) is 27.6 Å². The lowest BCUT2D eigenvalue weighted by Gasteiger charge is -2.08. The number of nitrogens with zero attached hydrogens (tertiary/aromatic N) is 1. The van der Waals surface area contributed by atoms with Crippen molar-refractivity contribution in [1.82, 2.24) is 10.3 Å². The molecule has 0 aliphatic heterocycles. The van der Waals surface area contributed by atoms with Crippen LogP contribution in [0.3, 0.4) is 0 Å². The molecule has 0 saturated heterocycles. The zero-order chi connectivity index (χ0) is 12.3. The summed E-state index contributed by atoms with van der Waals surface area (Å²) >= 11 is 7.11. The second kappa shape index (κ2) is 6.09. The Morgan fingerprint density at radius 2 is 2.35 bits per heavy atom. The third-order valence-corrected chi connectivity index (χ3v) is 5.67. The molecule has 0 aromatic carbocycles. The molecule has 0 radical (unpaired) electrons. The van der Waals surface area contributed by atoms with E-state index >= 15 is 0 Å². The number of hydrogen-bond acceptors (Lipinski definition) is 4. The lowest BCUT2D eigenvalue weighted by atomic mass is 10.2. The largest absolute Gasteiger partial charge is 0.311 e. The smallest absolute Gasteiger partial charge is 0.0965 e. The van der Waals surface area contributed by atoms with E-state index in [2.05, 4.69) is 46.1 Å². The maximum Gasteiger partial charge on any atom is 0.0965 e. The number of rotatable bonds is 5. The molecule has 0 saturated carbocycles. The van der Waals surface area contributed by atoms with Gasteiger partial charge in [-0.3, -0.25) is 0 Å². The summed E-state index contributed by atoms with van der Waals surface area (Å²) in [6.07, 6.45) is 1.87. The first kappa shape index (κ1) is 13.2. The van der Waals surface area contributed by atoms with Crippen LogP contribution in [0.15, 0.2) is 22.1 Å². The number of nitrogens with one attached hydrogen (secondary N) is 1. The summed E-state index contributed by atoms with van der Waals surface area (Å²) in [5.41, 5.74) is 0. The van der Waals surface area contributed by atoms with Crippen LogP contribution in [0.5, 0.6) is 0 Å². The van der Waals surface area contributed by atoms with Gasteiger partial charge in [-0.25, -0.2) is 4.98 Å². The number of halogens is 1. The SMILES string of the molecule is Cc1sc(CNCC(C)c2nccs2)cc1Br. The van der Waals surface area contributed by atoms with Gasteiger partial charge in [-0.15, -0.1) is 22.7 Å². The Labute approximate surface area is 118 Å². The average Bonchev–Trinajstić information content (AvgIpc) is 2.90. The third kappa shape index (κ3) is 3.61. The molecule has 2 aromatic heterocycles. The zero-order valence-corrected chi connectivity index (χ0v) is 13.1. The molecule has 1 unspecified atom stereocenters. The Bertz CT molecular complexity index is 445.